The Bertz CT molecular complexity index is 872. The lowest BCUT2D eigenvalue weighted by atomic mass is 10.00. The number of amides is 3. The quantitative estimate of drug-likeness (QED) is 0.383. The molecule has 1 aliphatic rings. The van der Waals surface area contributed by atoms with Gasteiger partial charge in [0.25, 0.3) is 11.8 Å². The van der Waals surface area contributed by atoms with E-state index in [1.54, 1.807) is 30.3 Å². The van der Waals surface area contributed by atoms with E-state index in [0.29, 0.717) is 10.5 Å². The van der Waals surface area contributed by atoms with Gasteiger partial charge in [0.05, 0.1) is 12.6 Å². The Morgan fingerprint density at radius 1 is 1.38 bits per heavy atom. The molecule has 1 aromatic carbocycles. The van der Waals surface area contributed by atoms with Gasteiger partial charge in [0.15, 0.2) is 12.7 Å². The Hall–Kier alpha value is -3.45. The van der Waals surface area contributed by atoms with E-state index in [1.807, 2.05) is 0 Å². The number of carbonyl (C=O) groups excluding carboxylic acids is 3. The van der Waals surface area contributed by atoms with Crippen LogP contribution in [-0.4, -0.2) is 71.7 Å². The molecule has 3 unspecified atom stereocenters. The second-order valence-corrected chi connectivity index (χ2v) is 7.24. The normalized spacial score (nSPS) is 18.7. The summed E-state index contributed by atoms with van der Waals surface area (Å²) in [6.07, 6.45) is 2.63. The van der Waals surface area contributed by atoms with E-state index in [0.717, 1.165) is 0 Å². The third-order valence-electron chi connectivity index (χ3n) is 4.80. The molecule has 1 fully saturated rings. The number of aliphatic hydroxyl groups is 1. The number of rotatable bonds is 9. The first-order valence-corrected chi connectivity index (χ1v) is 9.84. The van der Waals surface area contributed by atoms with Crippen molar-refractivity contribution in [3.63, 3.8) is 0 Å². The van der Waals surface area contributed by atoms with E-state index >= 15 is 0 Å². The van der Waals surface area contributed by atoms with E-state index in [9.17, 15) is 28.3 Å². The predicted molar refractivity (Wildman–Crippen MR) is 112 cm³/mol. The van der Waals surface area contributed by atoms with Crippen LogP contribution in [0.15, 0.2) is 43.0 Å². The smallest absolute Gasteiger partial charge is 0.408 e. The van der Waals surface area contributed by atoms with Gasteiger partial charge >= 0.3 is 6.09 Å². The maximum atomic E-state index is 14.1. The summed E-state index contributed by atoms with van der Waals surface area (Å²) >= 11 is 0. The second kappa shape index (κ2) is 11.2. The number of nitrogens with zero attached hydrogens (tertiary/aromatic N) is 1. The Balaban J connectivity index is 2.23. The number of alkyl halides is 2. The van der Waals surface area contributed by atoms with E-state index in [2.05, 4.69) is 23.1 Å². The number of benzene rings is 1. The first kappa shape index (κ1) is 24.8. The molecule has 3 amide bonds. The Morgan fingerprint density at radius 3 is 2.69 bits per heavy atom. The maximum absolute atomic E-state index is 14.1. The molecule has 3 N–H and O–H groups in total. The van der Waals surface area contributed by atoms with Gasteiger partial charge in [0.2, 0.25) is 5.91 Å². The number of terminal acetylenes is 1. The average molecular weight is 449 g/mol. The van der Waals surface area contributed by atoms with Crippen LogP contribution < -0.4 is 10.6 Å². The fourth-order valence-corrected chi connectivity index (χ4v) is 3.33. The largest absolute Gasteiger partial charge is 0.436 e. The van der Waals surface area contributed by atoms with Crippen molar-refractivity contribution in [2.24, 2.45) is 0 Å². The van der Waals surface area contributed by atoms with Gasteiger partial charge in [-0.15, -0.1) is 13.0 Å². The highest BCUT2D eigenvalue weighted by Crippen LogP contribution is 2.33. The van der Waals surface area contributed by atoms with E-state index in [4.69, 9.17) is 11.2 Å². The zero-order chi connectivity index (χ0) is 23.7. The molecule has 1 aliphatic heterocycles. The maximum Gasteiger partial charge on any atom is 0.408 e. The molecule has 0 spiro atoms. The van der Waals surface area contributed by atoms with Gasteiger partial charge in [-0.25, -0.2) is 13.6 Å². The highest BCUT2D eigenvalue weighted by Gasteiger charge is 2.51. The van der Waals surface area contributed by atoms with Gasteiger partial charge in [-0.1, -0.05) is 42.3 Å². The summed E-state index contributed by atoms with van der Waals surface area (Å²) in [5, 5.41) is 15.5. The standard InChI is InChI=1S/C22H25F2N3O5/c1-3-10-25-19(29)17-13-22(23,24)14-27(17)20(30)18(28)16(26-21(31)32-11-4-2)12-15-8-6-5-7-9-15/h2-3,5-9,16-18,28H,1,10-14H2,(H,25,29)(H,26,31). The molecule has 8 nitrogen and oxygen atoms in total. The lowest BCUT2D eigenvalue weighted by molar-refractivity contribution is -0.147. The summed E-state index contributed by atoms with van der Waals surface area (Å²) in [6.45, 7) is 2.10. The van der Waals surface area contributed by atoms with Gasteiger partial charge < -0.3 is 25.4 Å². The highest BCUT2D eigenvalue weighted by molar-refractivity contribution is 5.90. The van der Waals surface area contributed by atoms with Crippen LogP contribution in [-0.2, 0) is 20.7 Å². The van der Waals surface area contributed by atoms with Gasteiger partial charge in [0, 0.05) is 13.0 Å². The number of likely N-dealkylation sites (tertiary alicyclic amines) is 1. The third kappa shape index (κ3) is 6.78. The van der Waals surface area contributed by atoms with Crippen LogP contribution in [0, 0.1) is 12.3 Å². The summed E-state index contributed by atoms with van der Waals surface area (Å²) < 4.78 is 32.9. The van der Waals surface area contributed by atoms with E-state index in [1.165, 1.54) is 6.08 Å². The molecule has 0 aromatic heterocycles. The van der Waals surface area contributed by atoms with Crippen LogP contribution in [0.2, 0.25) is 0 Å². The summed E-state index contributed by atoms with van der Waals surface area (Å²) in [6, 6.07) is 5.91. The van der Waals surface area contributed by atoms with Crippen LogP contribution in [0.3, 0.4) is 0 Å². The molecule has 0 aliphatic carbocycles. The van der Waals surface area contributed by atoms with Crippen LogP contribution >= 0.6 is 0 Å². The predicted octanol–water partition coefficient (Wildman–Crippen LogP) is 0.856. The zero-order valence-electron chi connectivity index (χ0n) is 17.3. The number of aliphatic hydroxyl groups excluding tert-OH is 1. The number of hydrogen-bond acceptors (Lipinski definition) is 5. The van der Waals surface area contributed by atoms with Gasteiger partial charge in [-0.2, -0.15) is 0 Å². The first-order valence-electron chi connectivity index (χ1n) is 9.84. The van der Waals surface area contributed by atoms with Crippen molar-refractivity contribution < 1.29 is 33.0 Å². The second-order valence-electron chi connectivity index (χ2n) is 7.24. The lowest BCUT2D eigenvalue weighted by Gasteiger charge is -2.29. The minimum absolute atomic E-state index is 0.00351. The van der Waals surface area contributed by atoms with Crippen molar-refractivity contribution >= 4 is 17.9 Å². The summed E-state index contributed by atoms with van der Waals surface area (Å²) in [5.74, 6) is -3.10. The number of hydrogen-bond donors (Lipinski definition) is 3. The average Bonchev–Trinajstić information content (AvgIpc) is 3.10. The molecule has 0 radical (unpaired) electrons. The molecule has 0 bridgehead atoms. The number of ether oxygens (including phenoxy) is 1. The highest BCUT2D eigenvalue weighted by atomic mass is 19.3. The van der Waals surface area contributed by atoms with E-state index < -0.39 is 55.0 Å². The molecule has 1 heterocycles. The van der Waals surface area contributed by atoms with Crippen molar-refractivity contribution in [1.29, 1.82) is 0 Å². The van der Waals surface area contributed by atoms with Crippen LogP contribution in [0.25, 0.3) is 0 Å². The van der Waals surface area contributed by atoms with Crippen molar-refractivity contribution in [1.82, 2.24) is 15.5 Å². The van der Waals surface area contributed by atoms with Gasteiger partial charge in [0.1, 0.15) is 6.04 Å². The number of halogens is 2. The topological polar surface area (TPSA) is 108 Å². The molecular weight excluding hydrogens is 424 g/mol. The summed E-state index contributed by atoms with van der Waals surface area (Å²) in [5.41, 5.74) is 0.661. The van der Waals surface area contributed by atoms with Crippen LogP contribution in [0.1, 0.15) is 12.0 Å². The minimum atomic E-state index is -3.31. The molecular formula is C22H25F2N3O5. The SMILES string of the molecule is C#CCOC(=O)NC(Cc1ccccc1)C(O)C(=O)N1CC(F)(F)CC1C(=O)NCC=C. The lowest BCUT2D eigenvalue weighted by Crippen LogP contribution is -2.56. The zero-order valence-corrected chi connectivity index (χ0v) is 17.3. The van der Waals surface area contributed by atoms with Crippen molar-refractivity contribution in [2.75, 3.05) is 19.7 Å². The third-order valence-corrected chi connectivity index (χ3v) is 4.80. The number of nitrogens with one attached hydrogen (secondary N) is 2. The first-order chi connectivity index (χ1) is 15.2. The molecule has 1 saturated heterocycles. The Morgan fingerprint density at radius 2 is 2.06 bits per heavy atom. The summed E-state index contributed by atoms with van der Waals surface area (Å²) in [4.78, 5) is 37.9. The van der Waals surface area contributed by atoms with E-state index in [-0.39, 0.29) is 19.6 Å². The molecule has 1 aromatic rings. The van der Waals surface area contributed by atoms with Crippen molar-refractivity contribution in [3.8, 4) is 12.3 Å². The number of carbonyl (C=O) groups is 3. The van der Waals surface area contributed by atoms with Gasteiger partial charge in [-0.3, -0.25) is 9.59 Å². The monoisotopic (exact) mass is 449 g/mol. The molecule has 0 saturated carbocycles. The molecule has 3 atom stereocenters. The Labute approximate surface area is 184 Å². The van der Waals surface area contributed by atoms with Gasteiger partial charge in [-0.05, 0) is 12.0 Å². The summed E-state index contributed by atoms with van der Waals surface area (Å²) in [7, 11) is 0. The van der Waals surface area contributed by atoms with Crippen molar-refractivity contribution in [3.05, 3.63) is 48.6 Å². The fraction of sp³-hybridized carbons (Fsp3) is 0.409. The fourth-order valence-electron chi connectivity index (χ4n) is 3.33. The minimum Gasteiger partial charge on any atom is -0.436 e. The Kier molecular flexibility index (Phi) is 8.72. The molecule has 32 heavy (non-hydrogen) atoms. The van der Waals surface area contributed by atoms with Crippen molar-refractivity contribution in [2.45, 2.75) is 37.0 Å². The number of alkyl carbamates (subject to hydrolysis) is 1. The van der Waals surface area contributed by atoms with Crippen LogP contribution in [0.4, 0.5) is 13.6 Å². The molecule has 10 heteroatoms. The molecule has 2 rings (SSSR count). The molecule has 172 valence electrons. The van der Waals surface area contributed by atoms with Crippen LogP contribution in [0.5, 0.6) is 0 Å².